The molecular formula is C12H11NO2S. The van der Waals surface area contributed by atoms with E-state index in [1.165, 1.54) is 17.5 Å². The lowest BCUT2D eigenvalue weighted by Gasteiger charge is -1.98. The third-order valence-corrected chi connectivity index (χ3v) is 3.07. The van der Waals surface area contributed by atoms with Gasteiger partial charge < -0.3 is 4.74 Å². The SMILES string of the molecule is O=COCCC1=NSc2ccccc2C=C1. The van der Waals surface area contributed by atoms with Gasteiger partial charge in [-0.1, -0.05) is 24.3 Å². The Kier molecular flexibility index (Phi) is 3.77. The highest BCUT2D eigenvalue weighted by Gasteiger charge is 2.05. The van der Waals surface area contributed by atoms with Gasteiger partial charge in [0.05, 0.1) is 12.3 Å². The van der Waals surface area contributed by atoms with E-state index in [2.05, 4.69) is 15.2 Å². The van der Waals surface area contributed by atoms with Gasteiger partial charge in [0.2, 0.25) is 0 Å². The number of ether oxygens (including phenoxy) is 1. The zero-order valence-electron chi connectivity index (χ0n) is 8.63. The predicted molar refractivity (Wildman–Crippen MR) is 65.4 cm³/mol. The van der Waals surface area contributed by atoms with Crippen molar-refractivity contribution in [3.63, 3.8) is 0 Å². The minimum atomic E-state index is 0.379. The molecular weight excluding hydrogens is 222 g/mol. The van der Waals surface area contributed by atoms with Gasteiger partial charge >= 0.3 is 0 Å². The van der Waals surface area contributed by atoms with E-state index in [1.807, 2.05) is 30.4 Å². The van der Waals surface area contributed by atoms with Crippen molar-refractivity contribution in [3.8, 4) is 0 Å². The van der Waals surface area contributed by atoms with Crippen LogP contribution in [0, 0.1) is 0 Å². The summed E-state index contributed by atoms with van der Waals surface area (Å²) in [5.41, 5.74) is 2.10. The van der Waals surface area contributed by atoms with Gasteiger partial charge in [0.15, 0.2) is 0 Å². The van der Waals surface area contributed by atoms with Gasteiger partial charge in [-0.05, 0) is 17.7 Å². The molecule has 0 aromatic heterocycles. The first-order valence-corrected chi connectivity index (χ1v) is 5.74. The summed E-state index contributed by atoms with van der Waals surface area (Å²) < 4.78 is 9.04. The van der Waals surface area contributed by atoms with Crippen LogP contribution in [0.3, 0.4) is 0 Å². The number of rotatable bonds is 4. The summed E-state index contributed by atoms with van der Waals surface area (Å²) in [6, 6.07) is 8.10. The van der Waals surface area contributed by atoms with E-state index in [9.17, 15) is 4.79 Å². The average Bonchev–Trinajstić information content (AvgIpc) is 2.53. The van der Waals surface area contributed by atoms with Crippen molar-refractivity contribution in [2.75, 3.05) is 6.61 Å². The average molecular weight is 233 g/mol. The second-order valence-corrected chi connectivity index (χ2v) is 4.07. The molecule has 82 valence electrons. The van der Waals surface area contributed by atoms with Crippen LogP contribution in [0.2, 0.25) is 0 Å². The summed E-state index contributed by atoms with van der Waals surface area (Å²) in [7, 11) is 0. The highest BCUT2D eigenvalue weighted by Crippen LogP contribution is 2.27. The van der Waals surface area contributed by atoms with Gasteiger partial charge in [-0.15, -0.1) is 0 Å². The molecule has 0 aliphatic carbocycles. The van der Waals surface area contributed by atoms with Gasteiger partial charge in [-0.25, -0.2) is 4.40 Å². The Labute approximate surface area is 98.4 Å². The van der Waals surface area contributed by atoms with E-state index in [1.54, 1.807) is 0 Å². The fourth-order valence-electron chi connectivity index (χ4n) is 1.37. The van der Waals surface area contributed by atoms with Crippen LogP contribution in [-0.2, 0) is 9.53 Å². The Morgan fingerprint density at radius 2 is 2.19 bits per heavy atom. The molecule has 0 fully saturated rings. The smallest absolute Gasteiger partial charge is 0.293 e. The Morgan fingerprint density at radius 3 is 3.06 bits per heavy atom. The fraction of sp³-hybridized carbons (Fsp3) is 0.167. The maximum absolute atomic E-state index is 10.0. The van der Waals surface area contributed by atoms with E-state index >= 15 is 0 Å². The second kappa shape index (κ2) is 5.51. The number of hydrogen-bond donors (Lipinski definition) is 0. The van der Waals surface area contributed by atoms with Gasteiger partial charge in [-0.2, -0.15) is 0 Å². The van der Waals surface area contributed by atoms with E-state index in [0.717, 1.165) is 10.6 Å². The van der Waals surface area contributed by atoms with Crippen LogP contribution < -0.4 is 0 Å². The van der Waals surface area contributed by atoms with Crippen molar-refractivity contribution in [2.24, 2.45) is 4.40 Å². The van der Waals surface area contributed by atoms with Crippen LogP contribution >= 0.6 is 11.9 Å². The molecule has 0 saturated carbocycles. The number of nitrogens with zero attached hydrogens (tertiary/aromatic N) is 1. The molecule has 0 spiro atoms. The van der Waals surface area contributed by atoms with Crippen molar-refractivity contribution < 1.29 is 9.53 Å². The highest BCUT2D eigenvalue weighted by molar-refractivity contribution is 7.98. The molecule has 0 radical (unpaired) electrons. The molecule has 1 heterocycles. The quantitative estimate of drug-likeness (QED) is 0.456. The maximum atomic E-state index is 10.0. The summed E-state index contributed by atoms with van der Waals surface area (Å²) in [6.07, 6.45) is 4.65. The summed E-state index contributed by atoms with van der Waals surface area (Å²) in [5, 5.41) is 0. The topological polar surface area (TPSA) is 38.7 Å². The van der Waals surface area contributed by atoms with E-state index in [-0.39, 0.29) is 0 Å². The number of benzene rings is 1. The van der Waals surface area contributed by atoms with Crippen molar-refractivity contribution in [3.05, 3.63) is 35.9 Å². The Balaban J connectivity index is 2.06. The Morgan fingerprint density at radius 1 is 1.31 bits per heavy atom. The standard InChI is InChI=1S/C12H11NO2S/c14-9-15-8-7-11-6-5-10-3-1-2-4-12(10)16-13-11/h1-6,9H,7-8H2. The molecule has 0 unspecified atom stereocenters. The van der Waals surface area contributed by atoms with Crippen molar-refractivity contribution in [1.82, 2.24) is 0 Å². The van der Waals surface area contributed by atoms with Crippen LogP contribution in [0.5, 0.6) is 0 Å². The van der Waals surface area contributed by atoms with Crippen LogP contribution in [0.4, 0.5) is 0 Å². The molecule has 0 bridgehead atoms. The van der Waals surface area contributed by atoms with E-state index in [0.29, 0.717) is 19.5 Å². The van der Waals surface area contributed by atoms with Crippen molar-refractivity contribution in [1.29, 1.82) is 0 Å². The number of carbonyl (C=O) groups is 1. The van der Waals surface area contributed by atoms with Crippen LogP contribution in [0.1, 0.15) is 12.0 Å². The van der Waals surface area contributed by atoms with Gasteiger partial charge in [0.1, 0.15) is 0 Å². The second-order valence-electron chi connectivity index (χ2n) is 3.26. The highest BCUT2D eigenvalue weighted by atomic mass is 32.2. The summed E-state index contributed by atoms with van der Waals surface area (Å²) in [6.45, 7) is 0.840. The molecule has 0 N–H and O–H groups in total. The zero-order chi connectivity index (χ0) is 11.2. The van der Waals surface area contributed by atoms with Gasteiger partial charge in [-0.3, -0.25) is 4.79 Å². The molecule has 4 heteroatoms. The lowest BCUT2D eigenvalue weighted by molar-refractivity contribution is -0.128. The first-order chi connectivity index (χ1) is 7.90. The molecule has 2 rings (SSSR count). The molecule has 1 aliphatic heterocycles. The molecule has 16 heavy (non-hydrogen) atoms. The first kappa shape index (κ1) is 11.0. The number of fused-ring (bicyclic) bond motifs is 1. The van der Waals surface area contributed by atoms with Crippen LogP contribution in [0.15, 0.2) is 39.6 Å². The third-order valence-electron chi connectivity index (χ3n) is 2.18. The predicted octanol–water partition coefficient (Wildman–Crippen LogP) is 2.72. The van der Waals surface area contributed by atoms with Crippen molar-refractivity contribution in [2.45, 2.75) is 11.3 Å². The summed E-state index contributed by atoms with van der Waals surface area (Å²) in [5.74, 6) is 0. The van der Waals surface area contributed by atoms with Crippen molar-refractivity contribution >= 4 is 30.2 Å². The van der Waals surface area contributed by atoms with Crippen LogP contribution in [-0.4, -0.2) is 18.8 Å². The number of hydrogen-bond acceptors (Lipinski definition) is 4. The summed E-state index contributed by atoms with van der Waals surface area (Å²) in [4.78, 5) is 11.2. The minimum absolute atomic E-state index is 0.379. The normalized spacial score (nSPS) is 13.6. The molecule has 0 atom stereocenters. The van der Waals surface area contributed by atoms with Gasteiger partial charge in [0.25, 0.3) is 6.47 Å². The number of carbonyl (C=O) groups excluding carboxylic acids is 1. The largest absolute Gasteiger partial charge is 0.467 e. The first-order valence-electron chi connectivity index (χ1n) is 4.96. The third kappa shape index (κ3) is 2.73. The van der Waals surface area contributed by atoms with E-state index < -0.39 is 0 Å². The number of allylic oxidation sites excluding steroid dienone is 1. The lowest BCUT2D eigenvalue weighted by atomic mass is 10.2. The molecule has 3 nitrogen and oxygen atoms in total. The Bertz CT molecular complexity index is 440. The molecule has 1 aromatic rings. The molecule has 0 amide bonds. The van der Waals surface area contributed by atoms with Crippen LogP contribution in [0.25, 0.3) is 6.08 Å². The monoisotopic (exact) mass is 233 g/mol. The molecule has 1 aliphatic rings. The Hall–Kier alpha value is -1.55. The summed E-state index contributed by atoms with van der Waals surface area (Å²) >= 11 is 1.46. The van der Waals surface area contributed by atoms with E-state index in [4.69, 9.17) is 0 Å². The minimum Gasteiger partial charge on any atom is -0.467 e. The van der Waals surface area contributed by atoms with Gasteiger partial charge in [0, 0.05) is 23.3 Å². The fourth-order valence-corrected chi connectivity index (χ4v) is 2.11. The molecule has 0 saturated heterocycles. The molecule has 1 aromatic carbocycles. The zero-order valence-corrected chi connectivity index (χ0v) is 9.44. The lowest BCUT2D eigenvalue weighted by Crippen LogP contribution is -1.99. The maximum Gasteiger partial charge on any atom is 0.293 e.